The Morgan fingerprint density at radius 3 is 2.71 bits per heavy atom. The van der Waals surface area contributed by atoms with Gasteiger partial charge in [0, 0.05) is 43.1 Å². The second-order valence-electron chi connectivity index (χ2n) is 11.3. The number of rotatable bonds is 5. The zero-order valence-corrected chi connectivity index (χ0v) is 20.5. The number of allylic oxidation sites excluding steroid dienone is 1. The fourth-order valence-electron chi connectivity index (χ4n) is 6.93. The normalized spacial score (nSPS) is 30.7. The quantitative estimate of drug-likeness (QED) is 0.674. The van der Waals surface area contributed by atoms with Crippen LogP contribution >= 0.6 is 0 Å². The van der Waals surface area contributed by atoms with Crippen LogP contribution in [0.1, 0.15) is 80.1 Å². The highest BCUT2D eigenvalue weighted by Crippen LogP contribution is 2.49. The molecule has 3 aliphatic heterocycles. The first kappa shape index (κ1) is 23.0. The van der Waals surface area contributed by atoms with Crippen LogP contribution in [0.25, 0.3) is 0 Å². The summed E-state index contributed by atoms with van der Waals surface area (Å²) >= 11 is 0. The molecule has 3 atom stereocenters. The molecule has 35 heavy (non-hydrogen) atoms. The van der Waals surface area contributed by atoms with E-state index in [0.29, 0.717) is 42.4 Å². The van der Waals surface area contributed by atoms with E-state index in [1.807, 2.05) is 18.2 Å². The number of carbonyl (C=O) groups is 2. The predicted molar refractivity (Wildman–Crippen MR) is 132 cm³/mol. The molecule has 188 valence electrons. The highest BCUT2D eigenvalue weighted by atomic mass is 16.5. The molecule has 2 saturated heterocycles. The van der Waals surface area contributed by atoms with Gasteiger partial charge in [0.15, 0.2) is 0 Å². The molecule has 2 saturated carbocycles. The molecule has 2 aliphatic carbocycles. The smallest absolute Gasteiger partial charge is 0.255 e. The first-order valence-corrected chi connectivity index (χ1v) is 13.4. The molecule has 2 N–H and O–H groups in total. The Hall–Kier alpha value is -2.38. The lowest BCUT2D eigenvalue weighted by Crippen LogP contribution is -2.57. The lowest BCUT2D eigenvalue weighted by atomic mass is 9.61. The van der Waals surface area contributed by atoms with Crippen LogP contribution in [0, 0.1) is 5.41 Å². The Morgan fingerprint density at radius 1 is 1.11 bits per heavy atom. The van der Waals surface area contributed by atoms with E-state index in [0.717, 1.165) is 43.1 Å². The third-order valence-electron chi connectivity index (χ3n) is 8.96. The summed E-state index contributed by atoms with van der Waals surface area (Å²) in [6.45, 7) is 6.13. The topological polar surface area (TPSA) is 79.9 Å². The van der Waals surface area contributed by atoms with E-state index in [1.54, 1.807) is 4.90 Å². The van der Waals surface area contributed by atoms with E-state index in [2.05, 4.69) is 17.2 Å². The van der Waals surface area contributed by atoms with Crippen LogP contribution in [0.2, 0.25) is 0 Å². The summed E-state index contributed by atoms with van der Waals surface area (Å²) in [7, 11) is 0. The maximum atomic E-state index is 13.0. The number of benzene rings is 1. The van der Waals surface area contributed by atoms with Crippen molar-refractivity contribution < 1.29 is 19.1 Å². The highest BCUT2D eigenvalue weighted by molar-refractivity contribution is 6.01. The van der Waals surface area contributed by atoms with Crippen molar-refractivity contribution in [3.63, 3.8) is 0 Å². The molecule has 7 nitrogen and oxygen atoms in total. The number of hydrogen-bond acceptors (Lipinski definition) is 5. The molecular formula is C28H37N3O4. The number of carbonyl (C=O) groups excluding carboxylic acids is 2. The second-order valence-corrected chi connectivity index (χ2v) is 11.3. The number of hydrogen-bond donors (Lipinski definition) is 2. The van der Waals surface area contributed by atoms with Crippen LogP contribution in [0.4, 0.5) is 0 Å². The Bertz CT molecular complexity index is 1010. The van der Waals surface area contributed by atoms with Crippen molar-refractivity contribution >= 4 is 11.8 Å². The average Bonchev–Trinajstić information content (AvgIpc) is 3.15. The van der Waals surface area contributed by atoms with Crippen molar-refractivity contribution in [3.05, 3.63) is 41.6 Å². The molecule has 3 heterocycles. The predicted octanol–water partition coefficient (Wildman–Crippen LogP) is 3.67. The molecule has 1 spiro atoms. The maximum absolute atomic E-state index is 13.0. The van der Waals surface area contributed by atoms with Crippen molar-refractivity contribution in [1.82, 2.24) is 15.5 Å². The second kappa shape index (κ2) is 9.25. The summed E-state index contributed by atoms with van der Waals surface area (Å²) in [5.74, 6) is 0.630. The number of nitrogens with one attached hydrogen (secondary N) is 2. The summed E-state index contributed by atoms with van der Waals surface area (Å²) in [5, 5.41) is 6.74. The number of piperidine rings is 1. The zero-order chi connectivity index (χ0) is 24.0. The van der Waals surface area contributed by atoms with Gasteiger partial charge in [-0.25, -0.2) is 0 Å². The fraction of sp³-hybridized carbons (Fsp3) is 0.643. The maximum Gasteiger partial charge on any atom is 0.255 e. The minimum Gasteiger partial charge on any atom is -0.489 e. The first-order valence-electron chi connectivity index (χ1n) is 13.4. The summed E-state index contributed by atoms with van der Waals surface area (Å²) in [4.78, 5) is 27.2. The molecule has 0 aromatic heterocycles. The van der Waals surface area contributed by atoms with Gasteiger partial charge in [0.1, 0.15) is 17.9 Å². The largest absolute Gasteiger partial charge is 0.489 e. The summed E-state index contributed by atoms with van der Waals surface area (Å²) < 4.78 is 12.1. The molecule has 5 aliphatic rings. The first-order chi connectivity index (χ1) is 17.0. The van der Waals surface area contributed by atoms with E-state index in [-0.39, 0.29) is 17.9 Å². The fourth-order valence-corrected chi connectivity index (χ4v) is 6.93. The highest BCUT2D eigenvalue weighted by Gasteiger charge is 2.46. The molecule has 6 rings (SSSR count). The SMILES string of the molecule is C=C1CCC(N2Cc3cc(O[C@@H]4CCCC[C@@H]4NC4CC5(CCOCC5)C4)ccc3C2=O)C(=O)N1. The number of nitrogens with zero attached hydrogens (tertiary/aromatic N) is 1. The van der Waals surface area contributed by atoms with E-state index >= 15 is 0 Å². The van der Waals surface area contributed by atoms with E-state index < -0.39 is 6.04 Å². The van der Waals surface area contributed by atoms with Crippen LogP contribution in [-0.4, -0.2) is 54.2 Å². The van der Waals surface area contributed by atoms with Gasteiger partial charge in [-0.2, -0.15) is 0 Å². The van der Waals surface area contributed by atoms with Crippen LogP contribution in [0.15, 0.2) is 30.5 Å². The molecule has 1 aromatic rings. The third kappa shape index (κ3) is 4.49. The van der Waals surface area contributed by atoms with Gasteiger partial charge in [0.05, 0.1) is 0 Å². The van der Waals surface area contributed by atoms with Crippen LogP contribution in [0.3, 0.4) is 0 Å². The van der Waals surface area contributed by atoms with Crippen molar-refractivity contribution in [3.8, 4) is 5.75 Å². The number of amides is 2. The zero-order valence-electron chi connectivity index (χ0n) is 20.5. The lowest BCUT2D eigenvalue weighted by Gasteiger charge is -2.52. The molecule has 7 heteroatoms. The van der Waals surface area contributed by atoms with Crippen LogP contribution in [0.5, 0.6) is 5.75 Å². The van der Waals surface area contributed by atoms with E-state index in [4.69, 9.17) is 9.47 Å². The van der Waals surface area contributed by atoms with Gasteiger partial charge in [0.25, 0.3) is 5.91 Å². The molecule has 0 bridgehead atoms. The molecular weight excluding hydrogens is 442 g/mol. The van der Waals surface area contributed by atoms with Gasteiger partial charge in [-0.05, 0) is 87.0 Å². The molecule has 0 radical (unpaired) electrons. The van der Waals surface area contributed by atoms with Gasteiger partial charge < -0.3 is 25.0 Å². The Morgan fingerprint density at radius 2 is 1.91 bits per heavy atom. The van der Waals surface area contributed by atoms with Crippen molar-refractivity contribution in [2.45, 2.75) is 95.0 Å². The Kier molecular flexibility index (Phi) is 6.09. The molecule has 1 unspecified atom stereocenters. The van der Waals surface area contributed by atoms with Gasteiger partial charge in [-0.15, -0.1) is 0 Å². The summed E-state index contributed by atoms with van der Waals surface area (Å²) in [5.41, 5.74) is 2.88. The van der Waals surface area contributed by atoms with Gasteiger partial charge >= 0.3 is 0 Å². The summed E-state index contributed by atoms with van der Waals surface area (Å²) in [6, 6.07) is 6.34. The van der Waals surface area contributed by atoms with Gasteiger partial charge in [-0.1, -0.05) is 13.0 Å². The van der Waals surface area contributed by atoms with Gasteiger partial charge in [-0.3, -0.25) is 9.59 Å². The molecule has 2 amide bonds. The van der Waals surface area contributed by atoms with Crippen LogP contribution < -0.4 is 15.4 Å². The van der Waals surface area contributed by atoms with Crippen molar-refractivity contribution in [2.24, 2.45) is 5.41 Å². The van der Waals surface area contributed by atoms with Crippen LogP contribution in [-0.2, 0) is 16.1 Å². The Balaban J connectivity index is 1.09. The minimum atomic E-state index is -0.432. The standard InChI is InChI=1S/C28H37N3O4/c1-18-6-9-24(26(32)29-18)31-17-19-14-21(7-8-22(19)27(31)33)35-25-5-3-2-4-23(25)30-20-15-28(16-20)10-12-34-13-11-28/h7-8,14,20,23-25,30H,1-6,9-13,15-17H2,(H,29,32)/t23-,24?,25+/m0/s1. The average molecular weight is 480 g/mol. The number of fused-ring (bicyclic) bond motifs is 1. The lowest BCUT2D eigenvalue weighted by molar-refractivity contribution is -0.126. The monoisotopic (exact) mass is 479 g/mol. The third-order valence-corrected chi connectivity index (χ3v) is 8.96. The molecule has 4 fully saturated rings. The minimum absolute atomic E-state index is 0.0663. The number of ether oxygens (including phenoxy) is 2. The van der Waals surface area contributed by atoms with E-state index in [9.17, 15) is 9.59 Å². The summed E-state index contributed by atoms with van der Waals surface area (Å²) in [6.07, 6.45) is 11.0. The van der Waals surface area contributed by atoms with Crippen molar-refractivity contribution in [1.29, 1.82) is 0 Å². The Labute approximate surface area is 207 Å². The van der Waals surface area contributed by atoms with E-state index in [1.165, 1.54) is 38.5 Å². The van der Waals surface area contributed by atoms with Gasteiger partial charge in [0.2, 0.25) is 5.91 Å². The molecule has 1 aromatic carbocycles. The van der Waals surface area contributed by atoms with Crippen molar-refractivity contribution in [2.75, 3.05) is 13.2 Å².